The van der Waals surface area contributed by atoms with Crippen molar-refractivity contribution >= 4 is 5.78 Å². The van der Waals surface area contributed by atoms with Crippen LogP contribution in [-0.2, 0) is 0 Å². The predicted molar refractivity (Wildman–Crippen MR) is 72.1 cm³/mol. The Bertz CT molecular complexity index is 651. The number of ketones is 1. The minimum absolute atomic E-state index is 0.164. The summed E-state index contributed by atoms with van der Waals surface area (Å²) in [5, 5.41) is 0. The van der Waals surface area contributed by atoms with Crippen molar-refractivity contribution in [2.45, 2.75) is 13.8 Å². The summed E-state index contributed by atoms with van der Waals surface area (Å²) in [5.41, 5.74) is 0.0916. The van der Waals surface area contributed by atoms with Gasteiger partial charge in [-0.15, -0.1) is 0 Å². The van der Waals surface area contributed by atoms with Crippen molar-refractivity contribution in [1.82, 2.24) is 0 Å². The van der Waals surface area contributed by atoms with Crippen LogP contribution >= 0.6 is 0 Å². The van der Waals surface area contributed by atoms with Crippen molar-refractivity contribution in [2.75, 3.05) is 6.61 Å². The smallest absolute Gasteiger partial charge is 0.199 e. The molecular weight excluding hydrogens is 262 g/mol. The lowest BCUT2D eigenvalue weighted by molar-refractivity contribution is 0.103. The topological polar surface area (TPSA) is 26.3 Å². The summed E-state index contributed by atoms with van der Waals surface area (Å²) >= 11 is 0. The van der Waals surface area contributed by atoms with Crippen LogP contribution in [0.1, 0.15) is 28.4 Å². The number of aryl methyl sites for hydroxylation is 1. The third-order valence-corrected chi connectivity index (χ3v) is 2.95. The van der Waals surface area contributed by atoms with Crippen LogP contribution in [0, 0.1) is 18.6 Å². The van der Waals surface area contributed by atoms with E-state index in [2.05, 4.69) is 0 Å². The lowest BCUT2D eigenvalue weighted by Gasteiger charge is -2.10. The molecule has 2 nitrogen and oxygen atoms in total. The second kappa shape index (κ2) is 5.82. The van der Waals surface area contributed by atoms with Gasteiger partial charge < -0.3 is 4.74 Å². The van der Waals surface area contributed by atoms with Gasteiger partial charge in [-0.1, -0.05) is 18.2 Å². The Morgan fingerprint density at radius 1 is 1.05 bits per heavy atom. The summed E-state index contributed by atoms with van der Waals surface area (Å²) in [4.78, 5) is 12.3. The van der Waals surface area contributed by atoms with E-state index >= 15 is 0 Å². The van der Waals surface area contributed by atoms with Crippen LogP contribution in [0.15, 0.2) is 36.4 Å². The number of para-hydroxylation sites is 1. The average molecular weight is 276 g/mol. The Kier molecular flexibility index (Phi) is 4.13. The molecule has 0 amide bonds. The Morgan fingerprint density at radius 3 is 2.45 bits per heavy atom. The molecule has 0 saturated heterocycles. The predicted octanol–water partition coefficient (Wildman–Crippen LogP) is 3.90. The normalized spacial score (nSPS) is 10.4. The highest BCUT2D eigenvalue weighted by molar-refractivity contribution is 6.10. The molecular formula is C16H14F2O2. The quantitative estimate of drug-likeness (QED) is 0.792. The number of halogens is 2. The number of carbonyl (C=O) groups excluding carboxylic acids is 1. The average Bonchev–Trinajstić information content (AvgIpc) is 2.45. The van der Waals surface area contributed by atoms with E-state index in [4.69, 9.17) is 4.74 Å². The number of carbonyl (C=O) groups is 1. The first-order valence-electron chi connectivity index (χ1n) is 6.27. The van der Waals surface area contributed by atoms with Crippen LogP contribution in [0.25, 0.3) is 0 Å². The molecule has 2 aromatic carbocycles. The van der Waals surface area contributed by atoms with Gasteiger partial charge in [-0.2, -0.15) is 0 Å². The highest BCUT2D eigenvalue weighted by atomic mass is 19.2. The van der Waals surface area contributed by atoms with Crippen molar-refractivity contribution in [3.8, 4) is 5.75 Å². The van der Waals surface area contributed by atoms with Crippen molar-refractivity contribution in [3.05, 3.63) is 64.7 Å². The second-order valence-electron chi connectivity index (χ2n) is 4.32. The van der Waals surface area contributed by atoms with Crippen molar-refractivity contribution in [2.24, 2.45) is 0 Å². The number of ether oxygens (including phenoxy) is 1. The van der Waals surface area contributed by atoms with Crippen LogP contribution in [-0.4, -0.2) is 12.4 Å². The monoisotopic (exact) mass is 276 g/mol. The molecule has 20 heavy (non-hydrogen) atoms. The third kappa shape index (κ3) is 2.54. The van der Waals surface area contributed by atoms with E-state index in [0.29, 0.717) is 12.4 Å². The van der Waals surface area contributed by atoms with Gasteiger partial charge in [-0.25, -0.2) is 8.78 Å². The van der Waals surface area contributed by atoms with Gasteiger partial charge in [0.25, 0.3) is 0 Å². The van der Waals surface area contributed by atoms with Gasteiger partial charge in [0.05, 0.1) is 17.7 Å². The molecule has 0 atom stereocenters. The standard InChI is InChI=1S/C16H14F2O2/c1-3-20-13-7-5-4-6-11(13)16(19)12-9-8-10(2)14(17)15(12)18/h4-9H,3H2,1-2H3. The van der Waals surface area contributed by atoms with Gasteiger partial charge >= 0.3 is 0 Å². The van der Waals surface area contributed by atoms with Crippen LogP contribution in [0.3, 0.4) is 0 Å². The summed E-state index contributed by atoms with van der Waals surface area (Å²) in [5.74, 6) is -2.35. The summed E-state index contributed by atoms with van der Waals surface area (Å²) in [6.07, 6.45) is 0. The van der Waals surface area contributed by atoms with Crippen LogP contribution < -0.4 is 4.74 Å². The van der Waals surface area contributed by atoms with E-state index < -0.39 is 17.4 Å². The van der Waals surface area contributed by atoms with Gasteiger partial charge in [-0.3, -0.25) is 4.79 Å². The summed E-state index contributed by atoms with van der Waals surface area (Å²) in [7, 11) is 0. The fourth-order valence-electron chi connectivity index (χ4n) is 1.90. The lowest BCUT2D eigenvalue weighted by Crippen LogP contribution is -2.09. The van der Waals surface area contributed by atoms with Crippen LogP contribution in [0.5, 0.6) is 5.75 Å². The SMILES string of the molecule is CCOc1ccccc1C(=O)c1ccc(C)c(F)c1F. The van der Waals surface area contributed by atoms with Gasteiger partial charge in [-0.05, 0) is 37.6 Å². The Hall–Kier alpha value is -2.23. The molecule has 0 N–H and O–H groups in total. The van der Waals surface area contributed by atoms with E-state index in [9.17, 15) is 13.6 Å². The second-order valence-corrected chi connectivity index (χ2v) is 4.32. The summed E-state index contributed by atoms with van der Waals surface area (Å²) < 4.78 is 32.8. The molecule has 0 spiro atoms. The Balaban J connectivity index is 2.50. The molecule has 0 heterocycles. The molecule has 0 aliphatic heterocycles. The first-order valence-corrected chi connectivity index (χ1v) is 6.27. The number of benzene rings is 2. The van der Waals surface area contributed by atoms with Crippen molar-refractivity contribution in [1.29, 1.82) is 0 Å². The summed E-state index contributed by atoms with van der Waals surface area (Å²) in [6.45, 7) is 3.61. The molecule has 0 fully saturated rings. The Labute approximate surface area is 116 Å². The van der Waals surface area contributed by atoms with Crippen molar-refractivity contribution in [3.63, 3.8) is 0 Å². The van der Waals surface area contributed by atoms with E-state index in [-0.39, 0.29) is 16.7 Å². The first-order chi connectivity index (χ1) is 9.56. The van der Waals surface area contributed by atoms with Crippen LogP contribution in [0.4, 0.5) is 8.78 Å². The molecule has 2 aromatic rings. The summed E-state index contributed by atoms with van der Waals surface area (Å²) in [6, 6.07) is 9.20. The molecule has 104 valence electrons. The third-order valence-electron chi connectivity index (χ3n) is 2.95. The molecule has 0 unspecified atom stereocenters. The zero-order chi connectivity index (χ0) is 14.7. The fourth-order valence-corrected chi connectivity index (χ4v) is 1.90. The zero-order valence-corrected chi connectivity index (χ0v) is 11.2. The number of rotatable bonds is 4. The Morgan fingerprint density at radius 2 is 1.75 bits per heavy atom. The van der Waals surface area contributed by atoms with Gasteiger partial charge in [0.2, 0.25) is 0 Å². The van der Waals surface area contributed by atoms with Crippen molar-refractivity contribution < 1.29 is 18.3 Å². The van der Waals surface area contributed by atoms with Gasteiger partial charge in [0.15, 0.2) is 17.4 Å². The number of hydrogen-bond acceptors (Lipinski definition) is 2. The number of hydrogen-bond donors (Lipinski definition) is 0. The minimum Gasteiger partial charge on any atom is -0.493 e. The highest BCUT2D eigenvalue weighted by Gasteiger charge is 2.21. The van der Waals surface area contributed by atoms with E-state index in [1.165, 1.54) is 25.1 Å². The molecule has 0 bridgehead atoms. The van der Waals surface area contributed by atoms with Crippen LogP contribution in [0.2, 0.25) is 0 Å². The maximum absolute atomic E-state index is 13.9. The van der Waals surface area contributed by atoms with Gasteiger partial charge in [0, 0.05) is 0 Å². The first kappa shape index (κ1) is 14.2. The molecule has 0 aliphatic rings. The maximum Gasteiger partial charge on any atom is 0.199 e. The van der Waals surface area contributed by atoms with E-state index in [1.54, 1.807) is 25.1 Å². The maximum atomic E-state index is 13.9. The van der Waals surface area contributed by atoms with E-state index in [0.717, 1.165) is 0 Å². The minimum atomic E-state index is -1.12. The molecule has 4 heteroatoms. The molecule has 0 saturated carbocycles. The molecule has 0 aromatic heterocycles. The van der Waals surface area contributed by atoms with Gasteiger partial charge in [0.1, 0.15) is 5.75 Å². The zero-order valence-electron chi connectivity index (χ0n) is 11.2. The molecule has 0 aliphatic carbocycles. The van der Waals surface area contributed by atoms with E-state index in [1.807, 2.05) is 0 Å². The lowest BCUT2D eigenvalue weighted by atomic mass is 10.0. The largest absolute Gasteiger partial charge is 0.493 e. The molecule has 0 radical (unpaired) electrons. The molecule has 2 rings (SSSR count). The highest BCUT2D eigenvalue weighted by Crippen LogP contribution is 2.24. The fraction of sp³-hybridized carbons (Fsp3) is 0.188.